The average molecular weight is 275 g/mol. The van der Waals surface area contributed by atoms with Gasteiger partial charge in [0.15, 0.2) is 0 Å². The molecule has 2 aromatic heterocycles. The van der Waals surface area contributed by atoms with Crippen LogP contribution in [0.4, 0.5) is 0 Å². The van der Waals surface area contributed by atoms with E-state index < -0.39 is 0 Å². The van der Waals surface area contributed by atoms with Crippen molar-refractivity contribution in [2.75, 3.05) is 0 Å². The highest BCUT2D eigenvalue weighted by atomic mass is 32.1. The van der Waals surface area contributed by atoms with Crippen molar-refractivity contribution in [1.29, 1.82) is 5.41 Å². The van der Waals surface area contributed by atoms with Crippen molar-refractivity contribution in [3.8, 4) is 10.6 Å². The first-order valence-corrected chi connectivity index (χ1v) is 7.08. The van der Waals surface area contributed by atoms with Gasteiger partial charge in [-0.3, -0.25) is 10.2 Å². The van der Waals surface area contributed by atoms with Crippen molar-refractivity contribution in [2.45, 2.75) is 26.3 Å². The molecule has 0 aliphatic carbocycles. The van der Waals surface area contributed by atoms with Crippen molar-refractivity contribution in [3.05, 3.63) is 45.6 Å². The van der Waals surface area contributed by atoms with Gasteiger partial charge in [0.1, 0.15) is 5.84 Å². The van der Waals surface area contributed by atoms with E-state index in [-0.39, 0.29) is 23.0 Å². The maximum Gasteiger partial charge on any atom is 0.262 e. The molecule has 1 unspecified atom stereocenters. The Morgan fingerprint density at radius 2 is 2.21 bits per heavy atom. The molecule has 0 spiro atoms. The molecule has 3 N–H and O–H groups in total. The molecular weight excluding hydrogens is 258 g/mol. The Bertz CT molecular complexity index is 643. The summed E-state index contributed by atoms with van der Waals surface area (Å²) in [6.45, 7) is 4.04. The maximum absolute atomic E-state index is 12.5. The summed E-state index contributed by atoms with van der Waals surface area (Å²) in [4.78, 5) is 13.5. The lowest BCUT2D eigenvalue weighted by molar-refractivity contribution is 0.519. The molecular formula is C14H17N3OS. The van der Waals surface area contributed by atoms with E-state index in [0.29, 0.717) is 0 Å². The minimum atomic E-state index is -0.187. The SMILES string of the molecule is CCC(C)n1c(-c2cccs2)ccc(C(=N)N)c1=O. The minimum Gasteiger partial charge on any atom is -0.384 e. The molecule has 5 heteroatoms. The first-order chi connectivity index (χ1) is 9.06. The molecule has 0 bridgehead atoms. The number of amidine groups is 1. The summed E-state index contributed by atoms with van der Waals surface area (Å²) in [5.74, 6) is -0.181. The van der Waals surface area contributed by atoms with Crippen molar-refractivity contribution in [2.24, 2.45) is 5.73 Å². The van der Waals surface area contributed by atoms with Crippen LogP contribution in [-0.2, 0) is 0 Å². The van der Waals surface area contributed by atoms with Crippen molar-refractivity contribution in [3.63, 3.8) is 0 Å². The van der Waals surface area contributed by atoms with E-state index >= 15 is 0 Å². The first kappa shape index (κ1) is 13.5. The van der Waals surface area contributed by atoms with E-state index in [1.807, 2.05) is 37.4 Å². The third kappa shape index (κ3) is 2.46. The standard InChI is InChI=1S/C14H17N3OS/c1-3-9(2)17-11(12-5-4-8-19-12)7-6-10(13(15)16)14(17)18/h4-9H,3H2,1-2H3,(H3,15,16). The predicted octanol–water partition coefficient (Wildman–Crippen LogP) is 2.83. The molecule has 0 fully saturated rings. The van der Waals surface area contributed by atoms with Crippen LogP contribution >= 0.6 is 11.3 Å². The highest BCUT2D eigenvalue weighted by Gasteiger charge is 2.16. The van der Waals surface area contributed by atoms with Gasteiger partial charge in [0, 0.05) is 6.04 Å². The Balaban J connectivity index is 2.72. The van der Waals surface area contributed by atoms with Crippen molar-refractivity contribution < 1.29 is 0 Å². The summed E-state index contributed by atoms with van der Waals surface area (Å²) in [5.41, 5.74) is 6.43. The molecule has 0 aromatic carbocycles. The number of nitrogens with one attached hydrogen (secondary N) is 1. The summed E-state index contributed by atoms with van der Waals surface area (Å²) in [6.07, 6.45) is 0.847. The molecule has 1 atom stereocenters. The third-order valence-corrected chi connectivity index (χ3v) is 4.10. The zero-order valence-electron chi connectivity index (χ0n) is 11.0. The largest absolute Gasteiger partial charge is 0.384 e. The summed E-state index contributed by atoms with van der Waals surface area (Å²) >= 11 is 1.60. The van der Waals surface area contributed by atoms with Gasteiger partial charge in [-0.1, -0.05) is 13.0 Å². The van der Waals surface area contributed by atoms with E-state index in [2.05, 4.69) is 0 Å². The zero-order chi connectivity index (χ0) is 14.0. The Kier molecular flexibility index (Phi) is 3.85. The molecule has 4 nitrogen and oxygen atoms in total. The van der Waals surface area contributed by atoms with Gasteiger partial charge in [0.05, 0.1) is 16.1 Å². The van der Waals surface area contributed by atoms with Crippen LogP contribution in [0.2, 0.25) is 0 Å². The lowest BCUT2D eigenvalue weighted by Gasteiger charge is -2.18. The zero-order valence-corrected chi connectivity index (χ0v) is 11.8. The van der Waals surface area contributed by atoms with Crippen LogP contribution in [0.3, 0.4) is 0 Å². The Morgan fingerprint density at radius 1 is 1.47 bits per heavy atom. The van der Waals surface area contributed by atoms with Gasteiger partial charge in [-0.2, -0.15) is 0 Å². The summed E-state index contributed by atoms with van der Waals surface area (Å²) in [7, 11) is 0. The van der Waals surface area contributed by atoms with Gasteiger partial charge in [0.25, 0.3) is 5.56 Å². The van der Waals surface area contributed by atoms with Gasteiger partial charge in [-0.25, -0.2) is 0 Å². The quantitative estimate of drug-likeness (QED) is 0.665. The van der Waals surface area contributed by atoms with Crippen LogP contribution in [-0.4, -0.2) is 10.4 Å². The highest BCUT2D eigenvalue weighted by Crippen LogP contribution is 2.26. The lowest BCUT2D eigenvalue weighted by atomic mass is 10.1. The van der Waals surface area contributed by atoms with E-state index in [1.165, 1.54) is 0 Å². The molecule has 0 saturated carbocycles. The fraction of sp³-hybridized carbons (Fsp3) is 0.286. The maximum atomic E-state index is 12.5. The highest BCUT2D eigenvalue weighted by molar-refractivity contribution is 7.13. The van der Waals surface area contributed by atoms with Crippen LogP contribution in [0, 0.1) is 5.41 Å². The number of nitrogen functional groups attached to an aromatic ring is 1. The summed E-state index contributed by atoms with van der Waals surface area (Å²) < 4.78 is 1.74. The Hall–Kier alpha value is -1.88. The van der Waals surface area contributed by atoms with E-state index in [4.69, 9.17) is 11.1 Å². The number of pyridine rings is 1. The Morgan fingerprint density at radius 3 is 2.74 bits per heavy atom. The smallest absolute Gasteiger partial charge is 0.262 e. The van der Waals surface area contributed by atoms with E-state index in [9.17, 15) is 4.79 Å². The van der Waals surface area contributed by atoms with Crippen LogP contribution in [0.15, 0.2) is 34.4 Å². The second-order valence-corrected chi connectivity index (χ2v) is 5.40. The molecule has 2 rings (SSSR count). The van der Waals surface area contributed by atoms with Crippen LogP contribution in [0.25, 0.3) is 10.6 Å². The number of nitrogens with two attached hydrogens (primary N) is 1. The molecule has 0 radical (unpaired) electrons. The first-order valence-electron chi connectivity index (χ1n) is 6.20. The second-order valence-electron chi connectivity index (χ2n) is 4.46. The number of nitrogens with zero attached hydrogens (tertiary/aromatic N) is 1. The van der Waals surface area contributed by atoms with Crippen LogP contribution in [0.5, 0.6) is 0 Å². The fourth-order valence-corrected chi connectivity index (χ4v) is 2.75. The topological polar surface area (TPSA) is 71.9 Å². The second kappa shape index (κ2) is 5.40. The van der Waals surface area contributed by atoms with Gasteiger partial charge >= 0.3 is 0 Å². The van der Waals surface area contributed by atoms with E-state index in [1.54, 1.807) is 22.0 Å². The molecule has 100 valence electrons. The monoisotopic (exact) mass is 275 g/mol. The van der Waals surface area contributed by atoms with Gasteiger partial charge < -0.3 is 10.3 Å². The molecule has 0 amide bonds. The average Bonchev–Trinajstić information content (AvgIpc) is 2.90. The molecule has 19 heavy (non-hydrogen) atoms. The molecule has 0 aliphatic rings. The van der Waals surface area contributed by atoms with Crippen LogP contribution in [0.1, 0.15) is 31.9 Å². The predicted molar refractivity (Wildman–Crippen MR) is 80.0 cm³/mol. The lowest BCUT2D eigenvalue weighted by Crippen LogP contribution is -2.31. The van der Waals surface area contributed by atoms with Gasteiger partial charge in [-0.05, 0) is 36.9 Å². The number of hydrogen-bond donors (Lipinski definition) is 2. The molecule has 2 heterocycles. The number of thiophene rings is 1. The molecule has 0 saturated heterocycles. The van der Waals surface area contributed by atoms with Gasteiger partial charge in [-0.15, -0.1) is 11.3 Å². The number of rotatable bonds is 4. The normalized spacial score (nSPS) is 12.3. The number of hydrogen-bond acceptors (Lipinski definition) is 3. The number of aromatic nitrogens is 1. The third-order valence-electron chi connectivity index (χ3n) is 3.21. The van der Waals surface area contributed by atoms with Crippen molar-refractivity contribution >= 4 is 17.2 Å². The van der Waals surface area contributed by atoms with Gasteiger partial charge in [0.2, 0.25) is 0 Å². The molecule has 0 aliphatic heterocycles. The summed E-state index contributed by atoms with van der Waals surface area (Å²) in [5, 5.41) is 9.47. The van der Waals surface area contributed by atoms with E-state index in [0.717, 1.165) is 17.0 Å². The molecule has 2 aromatic rings. The van der Waals surface area contributed by atoms with Crippen molar-refractivity contribution in [1.82, 2.24) is 4.57 Å². The minimum absolute atomic E-state index is 0.0731. The fourth-order valence-electron chi connectivity index (χ4n) is 2.00. The summed E-state index contributed by atoms with van der Waals surface area (Å²) in [6, 6.07) is 7.54. The Labute approximate surface area is 116 Å². The van der Waals surface area contributed by atoms with Crippen LogP contribution < -0.4 is 11.3 Å².